The van der Waals surface area contributed by atoms with Crippen molar-refractivity contribution in [3.63, 3.8) is 0 Å². The van der Waals surface area contributed by atoms with Gasteiger partial charge in [-0.05, 0) is 26.8 Å². The maximum atomic E-state index is 11.8. The molecule has 86 valence electrons. The van der Waals surface area contributed by atoms with E-state index in [1.54, 1.807) is 26.8 Å². The molecule has 1 aromatic rings. The molecule has 0 aliphatic carbocycles. The Labute approximate surface area is 99.4 Å². The maximum Gasteiger partial charge on any atom is 0.253 e. The van der Waals surface area contributed by atoms with Crippen LogP contribution in [-0.4, -0.2) is 27.1 Å². The molecular weight excluding hydrogens is 224 g/mol. The van der Waals surface area contributed by atoms with Crippen LogP contribution in [0.15, 0.2) is 6.07 Å². The van der Waals surface area contributed by atoms with Gasteiger partial charge in [-0.1, -0.05) is 12.2 Å². The van der Waals surface area contributed by atoms with Crippen LogP contribution in [-0.2, 0) is 0 Å². The molecule has 0 aliphatic heterocycles. The minimum Gasteiger partial charge on any atom is -0.392 e. The zero-order valence-electron chi connectivity index (χ0n) is 9.44. The molecule has 1 aromatic heterocycles. The number of rotatable bonds is 3. The Bertz CT molecular complexity index is 433. The van der Waals surface area contributed by atoms with Crippen LogP contribution < -0.4 is 11.1 Å². The quantitative estimate of drug-likeness (QED) is 0.749. The highest BCUT2D eigenvalue weighted by Crippen LogP contribution is 2.05. The summed E-state index contributed by atoms with van der Waals surface area (Å²) in [6.07, 6.45) is 0. The van der Waals surface area contributed by atoms with Crippen molar-refractivity contribution in [2.24, 2.45) is 5.73 Å². The van der Waals surface area contributed by atoms with E-state index in [0.717, 1.165) is 0 Å². The summed E-state index contributed by atoms with van der Waals surface area (Å²) in [5.41, 5.74) is 7.19. The van der Waals surface area contributed by atoms with E-state index in [9.17, 15) is 4.79 Å². The van der Waals surface area contributed by atoms with Crippen LogP contribution in [0.4, 0.5) is 0 Å². The number of hydrogen-bond donors (Lipinski definition) is 2. The maximum absolute atomic E-state index is 11.8. The summed E-state index contributed by atoms with van der Waals surface area (Å²) < 4.78 is 0. The Morgan fingerprint density at radius 1 is 1.50 bits per heavy atom. The topological polar surface area (TPSA) is 80.9 Å². The van der Waals surface area contributed by atoms with Gasteiger partial charge in [0.2, 0.25) is 0 Å². The Morgan fingerprint density at radius 3 is 2.69 bits per heavy atom. The second-order valence-electron chi connectivity index (χ2n) is 3.58. The highest BCUT2D eigenvalue weighted by molar-refractivity contribution is 7.80. The van der Waals surface area contributed by atoms with Crippen LogP contribution >= 0.6 is 12.2 Å². The fourth-order valence-electron chi connectivity index (χ4n) is 1.13. The molecular formula is C10H14N4OS. The lowest BCUT2D eigenvalue weighted by Crippen LogP contribution is -2.41. The molecule has 0 fully saturated rings. The molecule has 0 spiro atoms. The van der Waals surface area contributed by atoms with Crippen molar-refractivity contribution in [2.75, 3.05) is 0 Å². The third-order valence-corrected chi connectivity index (χ3v) is 2.47. The third kappa shape index (κ3) is 2.96. The molecule has 6 heteroatoms. The van der Waals surface area contributed by atoms with E-state index < -0.39 is 0 Å². The highest BCUT2D eigenvalue weighted by Gasteiger charge is 2.14. The summed E-state index contributed by atoms with van der Waals surface area (Å²) in [6, 6.07) is 1.35. The number of aromatic nitrogens is 2. The highest BCUT2D eigenvalue weighted by atomic mass is 32.1. The summed E-state index contributed by atoms with van der Waals surface area (Å²) in [7, 11) is 0. The minimum atomic E-state index is -0.338. The second-order valence-corrected chi connectivity index (χ2v) is 4.05. The molecule has 1 rings (SSSR count). The first-order valence-electron chi connectivity index (χ1n) is 4.83. The van der Waals surface area contributed by atoms with E-state index in [1.807, 2.05) is 0 Å². The lowest BCUT2D eigenvalue weighted by Gasteiger charge is -2.12. The van der Waals surface area contributed by atoms with Crippen LogP contribution in [0.3, 0.4) is 0 Å². The van der Waals surface area contributed by atoms with Gasteiger partial charge in [-0.2, -0.15) is 10.2 Å². The molecule has 1 heterocycles. The van der Waals surface area contributed by atoms with E-state index in [2.05, 4.69) is 15.5 Å². The fraction of sp³-hybridized carbons (Fsp3) is 0.400. The van der Waals surface area contributed by atoms with Gasteiger partial charge in [0, 0.05) is 0 Å². The van der Waals surface area contributed by atoms with Gasteiger partial charge in [0.25, 0.3) is 5.91 Å². The Morgan fingerprint density at radius 2 is 2.12 bits per heavy atom. The van der Waals surface area contributed by atoms with Gasteiger partial charge in [0.1, 0.15) is 0 Å². The Hall–Kier alpha value is -1.56. The molecule has 0 bridgehead atoms. The average Bonchev–Trinajstić information content (AvgIpc) is 2.21. The van der Waals surface area contributed by atoms with Gasteiger partial charge >= 0.3 is 0 Å². The van der Waals surface area contributed by atoms with E-state index in [-0.39, 0.29) is 16.9 Å². The number of nitrogens with zero attached hydrogens (tertiary/aromatic N) is 2. The van der Waals surface area contributed by atoms with Gasteiger partial charge in [-0.25, -0.2) is 0 Å². The number of nitrogens with one attached hydrogen (secondary N) is 1. The van der Waals surface area contributed by atoms with E-state index in [4.69, 9.17) is 18.0 Å². The lowest BCUT2D eigenvalue weighted by atomic mass is 10.1. The van der Waals surface area contributed by atoms with E-state index >= 15 is 0 Å². The molecule has 16 heavy (non-hydrogen) atoms. The van der Waals surface area contributed by atoms with Crippen LogP contribution in [0.2, 0.25) is 0 Å². The first-order valence-corrected chi connectivity index (χ1v) is 5.23. The van der Waals surface area contributed by atoms with Crippen LogP contribution in [0.1, 0.15) is 28.7 Å². The zero-order valence-corrected chi connectivity index (χ0v) is 10.3. The molecule has 1 unspecified atom stereocenters. The van der Waals surface area contributed by atoms with E-state index in [0.29, 0.717) is 17.0 Å². The molecule has 0 saturated carbocycles. The standard InChI is InChI=1S/C10H14N4OS/c1-5-4-8(6(2)14-13-5)10(15)12-7(3)9(11)16/h4,7H,1-3H3,(H2,11,16)(H,12,15). The van der Waals surface area contributed by atoms with Crippen molar-refractivity contribution < 1.29 is 4.79 Å². The molecule has 0 aromatic carbocycles. The SMILES string of the molecule is Cc1cc(C(=O)NC(C)C(N)=S)c(C)nn1. The predicted molar refractivity (Wildman–Crippen MR) is 65.2 cm³/mol. The van der Waals surface area contributed by atoms with Gasteiger partial charge in [0.15, 0.2) is 0 Å². The Kier molecular flexibility index (Phi) is 3.89. The summed E-state index contributed by atoms with van der Waals surface area (Å²) in [6.45, 7) is 5.24. The lowest BCUT2D eigenvalue weighted by molar-refractivity contribution is 0.0948. The molecule has 5 nitrogen and oxygen atoms in total. The van der Waals surface area contributed by atoms with Crippen molar-refractivity contribution in [3.05, 3.63) is 23.0 Å². The normalized spacial score (nSPS) is 11.9. The van der Waals surface area contributed by atoms with Crippen LogP contribution in [0.25, 0.3) is 0 Å². The van der Waals surface area contributed by atoms with Crippen LogP contribution in [0, 0.1) is 13.8 Å². The number of aryl methyl sites for hydroxylation is 2. The van der Waals surface area contributed by atoms with Crippen molar-refractivity contribution >= 4 is 23.1 Å². The Balaban J connectivity index is 2.88. The number of hydrogen-bond acceptors (Lipinski definition) is 4. The predicted octanol–water partition coefficient (Wildman–Crippen LogP) is 0.498. The molecule has 1 atom stereocenters. The molecule has 0 radical (unpaired) electrons. The number of thiocarbonyl (C=S) groups is 1. The van der Waals surface area contributed by atoms with E-state index in [1.165, 1.54) is 0 Å². The molecule has 3 N–H and O–H groups in total. The summed E-state index contributed by atoms with van der Waals surface area (Å²) in [5, 5.41) is 10.4. The largest absolute Gasteiger partial charge is 0.392 e. The average molecular weight is 238 g/mol. The van der Waals surface area contributed by atoms with Crippen molar-refractivity contribution in [2.45, 2.75) is 26.8 Å². The van der Waals surface area contributed by atoms with Crippen molar-refractivity contribution in [1.29, 1.82) is 0 Å². The minimum absolute atomic E-state index is 0.240. The fourth-order valence-corrected chi connectivity index (χ4v) is 1.18. The number of carbonyl (C=O) groups is 1. The number of carbonyl (C=O) groups excluding carboxylic acids is 1. The van der Waals surface area contributed by atoms with Crippen LogP contribution in [0.5, 0.6) is 0 Å². The number of nitrogens with two attached hydrogens (primary N) is 1. The van der Waals surface area contributed by atoms with Gasteiger partial charge in [-0.3, -0.25) is 4.79 Å². The monoisotopic (exact) mass is 238 g/mol. The van der Waals surface area contributed by atoms with Gasteiger partial charge < -0.3 is 11.1 Å². The number of amides is 1. The molecule has 0 aliphatic rings. The first-order chi connectivity index (χ1) is 7.41. The van der Waals surface area contributed by atoms with Gasteiger partial charge in [-0.15, -0.1) is 0 Å². The smallest absolute Gasteiger partial charge is 0.253 e. The van der Waals surface area contributed by atoms with Crippen molar-refractivity contribution in [1.82, 2.24) is 15.5 Å². The van der Waals surface area contributed by atoms with Gasteiger partial charge in [0.05, 0.1) is 28.0 Å². The first kappa shape index (κ1) is 12.5. The van der Waals surface area contributed by atoms with Crippen molar-refractivity contribution in [3.8, 4) is 0 Å². The summed E-state index contributed by atoms with van der Waals surface area (Å²) >= 11 is 4.78. The zero-order chi connectivity index (χ0) is 12.3. The third-order valence-electron chi connectivity index (χ3n) is 2.12. The summed E-state index contributed by atoms with van der Waals surface area (Å²) in [4.78, 5) is 12.1. The molecule has 1 amide bonds. The summed E-state index contributed by atoms with van der Waals surface area (Å²) in [5.74, 6) is -0.240. The second kappa shape index (κ2) is 4.98. The molecule has 0 saturated heterocycles.